The van der Waals surface area contributed by atoms with Crippen molar-refractivity contribution in [3.63, 3.8) is 0 Å². The Morgan fingerprint density at radius 1 is 1.25 bits per heavy atom. The van der Waals surface area contributed by atoms with Crippen molar-refractivity contribution < 1.29 is 5.11 Å². The molecule has 0 unspecified atom stereocenters. The summed E-state index contributed by atoms with van der Waals surface area (Å²) in [5, 5.41) is 8.75. The third-order valence-corrected chi connectivity index (χ3v) is 3.42. The third-order valence-electron chi connectivity index (χ3n) is 3.42. The highest BCUT2D eigenvalue weighted by Gasteiger charge is 2.35. The van der Waals surface area contributed by atoms with Crippen LogP contribution in [0.25, 0.3) is 0 Å². The van der Waals surface area contributed by atoms with Gasteiger partial charge in [0, 0.05) is 18.7 Å². The molecule has 2 saturated heterocycles. The first kappa shape index (κ1) is 8.52. The molecule has 2 fully saturated rings. The van der Waals surface area contributed by atoms with E-state index in [0.29, 0.717) is 6.61 Å². The lowest BCUT2D eigenvalue weighted by molar-refractivity contribution is 0.211. The van der Waals surface area contributed by atoms with Crippen LogP contribution in [0.1, 0.15) is 38.5 Å². The lowest BCUT2D eigenvalue weighted by atomic mass is 10.1. The predicted octanol–water partition coefficient (Wildman–Crippen LogP) is 1.39. The standard InChI is InChI=1S/C10H19NO/c12-8-2-4-10-6-5-9-3-1-7-11(9)10/h9-10,12H,1-8H2/t9-,10-/m1/s1. The number of hydrogen-bond acceptors (Lipinski definition) is 2. The number of hydrogen-bond donors (Lipinski definition) is 1. The van der Waals surface area contributed by atoms with Crippen molar-refractivity contribution in [1.29, 1.82) is 0 Å². The van der Waals surface area contributed by atoms with Crippen molar-refractivity contribution in [1.82, 2.24) is 4.90 Å². The summed E-state index contributed by atoms with van der Waals surface area (Å²) in [7, 11) is 0. The molecule has 2 atom stereocenters. The van der Waals surface area contributed by atoms with Gasteiger partial charge in [-0.3, -0.25) is 4.90 Å². The molecule has 0 amide bonds. The molecule has 0 saturated carbocycles. The second-order valence-corrected chi connectivity index (χ2v) is 4.13. The van der Waals surface area contributed by atoms with Gasteiger partial charge in [0.15, 0.2) is 0 Å². The fraction of sp³-hybridized carbons (Fsp3) is 1.00. The Balaban J connectivity index is 1.83. The highest BCUT2D eigenvalue weighted by Crippen LogP contribution is 2.34. The maximum atomic E-state index is 8.75. The van der Waals surface area contributed by atoms with Gasteiger partial charge in [0.05, 0.1) is 0 Å². The number of nitrogens with zero attached hydrogens (tertiary/aromatic N) is 1. The van der Waals surface area contributed by atoms with Crippen LogP contribution in [0.15, 0.2) is 0 Å². The summed E-state index contributed by atoms with van der Waals surface area (Å²) in [6.07, 6.45) is 7.83. The van der Waals surface area contributed by atoms with E-state index in [1.807, 2.05) is 0 Å². The molecule has 0 spiro atoms. The van der Waals surface area contributed by atoms with Crippen molar-refractivity contribution in [2.24, 2.45) is 0 Å². The molecule has 1 N–H and O–H groups in total. The van der Waals surface area contributed by atoms with Crippen LogP contribution >= 0.6 is 0 Å². The summed E-state index contributed by atoms with van der Waals surface area (Å²) in [5.41, 5.74) is 0. The van der Waals surface area contributed by atoms with Crippen molar-refractivity contribution in [2.45, 2.75) is 50.6 Å². The largest absolute Gasteiger partial charge is 0.396 e. The van der Waals surface area contributed by atoms with Gasteiger partial charge in [-0.1, -0.05) is 0 Å². The van der Waals surface area contributed by atoms with Crippen molar-refractivity contribution in [3.05, 3.63) is 0 Å². The minimum absolute atomic E-state index is 0.370. The molecular weight excluding hydrogens is 150 g/mol. The van der Waals surface area contributed by atoms with Gasteiger partial charge in [-0.05, 0) is 45.1 Å². The summed E-state index contributed by atoms with van der Waals surface area (Å²) in [6.45, 7) is 1.69. The van der Waals surface area contributed by atoms with Gasteiger partial charge in [-0.25, -0.2) is 0 Å². The molecule has 0 aromatic heterocycles. The third kappa shape index (κ3) is 1.50. The first-order valence-corrected chi connectivity index (χ1v) is 5.28. The molecule has 12 heavy (non-hydrogen) atoms. The average Bonchev–Trinajstić information content (AvgIpc) is 2.62. The Hall–Kier alpha value is -0.0800. The van der Waals surface area contributed by atoms with E-state index in [9.17, 15) is 0 Å². The maximum Gasteiger partial charge on any atom is 0.0431 e. The van der Waals surface area contributed by atoms with E-state index in [-0.39, 0.29) is 0 Å². The molecule has 2 aliphatic rings. The molecule has 70 valence electrons. The summed E-state index contributed by atoms with van der Waals surface area (Å²) in [5.74, 6) is 0. The van der Waals surface area contributed by atoms with Crippen LogP contribution in [0.2, 0.25) is 0 Å². The topological polar surface area (TPSA) is 23.5 Å². The predicted molar refractivity (Wildman–Crippen MR) is 49.1 cm³/mol. The van der Waals surface area contributed by atoms with Gasteiger partial charge >= 0.3 is 0 Å². The minimum Gasteiger partial charge on any atom is -0.396 e. The van der Waals surface area contributed by atoms with Gasteiger partial charge in [0.1, 0.15) is 0 Å². The Bertz CT molecular complexity index is 149. The molecule has 2 rings (SSSR count). The molecular formula is C10H19NO. The Morgan fingerprint density at radius 2 is 2.17 bits per heavy atom. The van der Waals surface area contributed by atoms with Gasteiger partial charge in [-0.2, -0.15) is 0 Å². The van der Waals surface area contributed by atoms with E-state index < -0.39 is 0 Å². The zero-order valence-electron chi connectivity index (χ0n) is 7.71. The molecule has 2 heteroatoms. The fourth-order valence-electron chi connectivity index (χ4n) is 2.84. The summed E-state index contributed by atoms with van der Waals surface area (Å²) >= 11 is 0. The SMILES string of the molecule is OCCC[C@@H]1CC[C@H]2CCCN12. The maximum absolute atomic E-state index is 8.75. The Morgan fingerprint density at radius 3 is 3.00 bits per heavy atom. The Kier molecular flexibility index (Phi) is 2.66. The zero-order chi connectivity index (χ0) is 8.39. The van der Waals surface area contributed by atoms with E-state index in [0.717, 1.165) is 18.5 Å². The molecule has 0 radical (unpaired) electrons. The van der Waals surface area contributed by atoms with Gasteiger partial charge in [0.2, 0.25) is 0 Å². The van der Waals surface area contributed by atoms with Gasteiger partial charge in [0.25, 0.3) is 0 Å². The quantitative estimate of drug-likeness (QED) is 0.690. The monoisotopic (exact) mass is 169 g/mol. The highest BCUT2D eigenvalue weighted by molar-refractivity contribution is 4.91. The van der Waals surface area contributed by atoms with Crippen LogP contribution in [-0.4, -0.2) is 35.2 Å². The normalized spacial score (nSPS) is 35.8. The Labute approximate surface area is 74.6 Å². The van der Waals surface area contributed by atoms with E-state index in [2.05, 4.69) is 4.90 Å². The first-order valence-electron chi connectivity index (χ1n) is 5.28. The van der Waals surface area contributed by atoms with Crippen LogP contribution in [0.5, 0.6) is 0 Å². The first-order chi connectivity index (χ1) is 5.92. The number of fused-ring (bicyclic) bond motifs is 1. The number of rotatable bonds is 3. The molecule has 2 nitrogen and oxygen atoms in total. The summed E-state index contributed by atoms with van der Waals surface area (Å²) in [6, 6.07) is 1.72. The molecule has 0 bridgehead atoms. The molecule has 0 aliphatic carbocycles. The van der Waals surface area contributed by atoms with E-state index in [1.54, 1.807) is 0 Å². The fourth-order valence-corrected chi connectivity index (χ4v) is 2.84. The van der Waals surface area contributed by atoms with Crippen LogP contribution < -0.4 is 0 Å². The molecule has 2 aliphatic heterocycles. The van der Waals surface area contributed by atoms with Crippen molar-refractivity contribution >= 4 is 0 Å². The van der Waals surface area contributed by atoms with E-state index >= 15 is 0 Å². The molecule has 0 aromatic carbocycles. The number of aliphatic hydroxyl groups is 1. The lowest BCUT2D eigenvalue weighted by Gasteiger charge is -2.23. The van der Waals surface area contributed by atoms with E-state index in [4.69, 9.17) is 5.11 Å². The minimum atomic E-state index is 0.370. The van der Waals surface area contributed by atoms with Crippen LogP contribution in [0.4, 0.5) is 0 Å². The molecule has 2 heterocycles. The average molecular weight is 169 g/mol. The van der Waals surface area contributed by atoms with Crippen LogP contribution in [0.3, 0.4) is 0 Å². The van der Waals surface area contributed by atoms with Gasteiger partial charge in [-0.15, -0.1) is 0 Å². The molecule has 0 aromatic rings. The highest BCUT2D eigenvalue weighted by atomic mass is 16.2. The smallest absolute Gasteiger partial charge is 0.0431 e. The number of aliphatic hydroxyl groups excluding tert-OH is 1. The van der Waals surface area contributed by atoms with Gasteiger partial charge < -0.3 is 5.11 Å². The van der Waals surface area contributed by atoms with Crippen molar-refractivity contribution in [3.8, 4) is 0 Å². The summed E-state index contributed by atoms with van der Waals surface area (Å²) < 4.78 is 0. The lowest BCUT2D eigenvalue weighted by Crippen LogP contribution is -2.31. The zero-order valence-corrected chi connectivity index (χ0v) is 7.71. The second kappa shape index (κ2) is 3.75. The van der Waals surface area contributed by atoms with Crippen molar-refractivity contribution in [2.75, 3.05) is 13.2 Å². The van der Waals surface area contributed by atoms with Crippen LogP contribution in [-0.2, 0) is 0 Å². The second-order valence-electron chi connectivity index (χ2n) is 4.13. The summed E-state index contributed by atoms with van der Waals surface area (Å²) in [4.78, 5) is 2.68. The van der Waals surface area contributed by atoms with Crippen LogP contribution in [0, 0.1) is 0 Å². The van der Waals surface area contributed by atoms with E-state index in [1.165, 1.54) is 38.6 Å².